The number of hydrogen-bond donors (Lipinski definition) is 5. The molecule has 1 aromatic heterocycles. The van der Waals surface area contributed by atoms with Crippen LogP contribution in [-0.4, -0.2) is 25.1 Å². The number of benzene rings is 1. The quantitative estimate of drug-likeness (QED) is 0.500. The van der Waals surface area contributed by atoms with Crippen LogP contribution in [0.4, 0.5) is 5.69 Å². The van der Waals surface area contributed by atoms with E-state index in [0.29, 0.717) is 5.56 Å². The Morgan fingerprint density at radius 2 is 1.78 bits per heavy atom. The highest BCUT2D eigenvalue weighted by molar-refractivity contribution is 7.71. The monoisotopic (exact) mass is 374 g/mol. The van der Waals surface area contributed by atoms with Crippen molar-refractivity contribution >= 4 is 32.2 Å². The van der Waals surface area contributed by atoms with Crippen LogP contribution in [0.1, 0.15) is 5.56 Å². The molecule has 2 rings (SSSR count). The Balaban J connectivity index is 2.49. The highest BCUT2D eigenvalue weighted by atomic mass is 32.1. The molecular weight excluding hydrogens is 362 g/mol. The van der Waals surface area contributed by atoms with Crippen molar-refractivity contribution in [2.45, 2.75) is 5.52 Å². The molecule has 0 radical (unpaired) electrons. The van der Waals surface area contributed by atoms with Crippen LogP contribution >= 0.6 is 26.5 Å². The van der Waals surface area contributed by atoms with Gasteiger partial charge < -0.3 is 24.9 Å². The van der Waals surface area contributed by atoms with E-state index in [1.165, 1.54) is 23.5 Å². The summed E-state index contributed by atoms with van der Waals surface area (Å²) in [5, 5.41) is 13.0. The molecule has 8 nitrogen and oxygen atoms in total. The third-order valence-electron chi connectivity index (χ3n) is 2.87. The number of anilines is 1. The molecule has 0 saturated heterocycles. The summed E-state index contributed by atoms with van der Waals surface area (Å²) >= 11 is 1.41. The first kappa shape index (κ1) is 17.9. The van der Waals surface area contributed by atoms with E-state index in [1.807, 2.05) is 11.4 Å². The first-order valence-electron chi connectivity index (χ1n) is 6.08. The fraction of sp³-hybridized carbons (Fsp3) is 0.0833. The van der Waals surface area contributed by atoms with Crippen LogP contribution in [0.15, 0.2) is 35.7 Å². The Kier molecular flexibility index (Phi) is 5.09. The standard InChI is InChI=1S/C12H12N2O6P2S/c13-7-9-4-3-8(11-2-1-5-23-11)6-10(9)14-12(21(15,16)17)22(18,19)20/h1-6,12,14H,(H2,15,16,17)(H2,18,19,20). The van der Waals surface area contributed by atoms with Gasteiger partial charge in [0.2, 0.25) is 5.52 Å². The molecule has 5 N–H and O–H groups in total. The molecule has 0 atom stereocenters. The lowest BCUT2D eigenvalue weighted by Gasteiger charge is -2.22. The summed E-state index contributed by atoms with van der Waals surface area (Å²) in [6, 6.07) is 9.89. The van der Waals surface area contributed by atoms with Gasteiger partial charge in [0, 0.05) is 4.88 Å². The third kappa shape index (κ3) is 4.28. The van der Waals surface area contributed by atoms with Crippen molar-refractivity contribution in [3.05, 3.63) is 41.3 Å². The van der Waals surface area contributed by atoms with Gasteiger partial charge in [0.25, 0.3) is 0 Å². The molecule has 1 heterocycles. The van der Waals surface area contributed by atoms with E-state index in [0.717, 1.165) is 4.88 Å². The molecule has 0 aliphatic rings. The second-order valence-corrected chi connectivity index (χ2v) is 9.29. The minimum absolute atomic E-state index is 0.0113. The van der Waals surface area contributed by atoms with Gasteiger partial charge in [-0.1, -0.05) is 12.1 Å². The number of thiophene rings is 1. The van der Waals surface area contributed by atoms with Crippen LogP contribution in [0.3, 0.4) is 0 Å². The zero-order valence-corrected chi connectivity index (χ0v) is 14.0. The second-order valence-electron chi connectivity index (χ2n) is 4.55. The minimum atomic E-state index is -5.15. The van der Waals surface area contributed by atoms with Gasteiger partial charge in [-0.05, 0) is 29.1 Å². The van der Waals surface area contributed by atoms with E-state index < -0.39 is 20.7 Å². The molecule has 0 saturated carbocycles. The maximum atomic E-state index is 11.4. The van der Waals surface area contributed by atoms with Crippen molar-refractivity contribution in [1.29, 1.82) is 5.26 Å². The molecule has 0 amide bonds. The van der Waals surface area contributed by atoms with Gasteiger partial charge in [0.1, 0.15) is 6.07 Å². The summed E-state index contributed by atoms with van der Waals surface area (Å²) in [5.74, 6) is 0. The third-order valence-corrected chi connectivity index (χ3v) is 7.12. The second kappa shape index (κ2) is 6.56. The fourth-order valence-electron chi connectivity index (χ4n) is 1.86. The highest BCUT2D eigenvalue weighted by Gasteiger charge is 2.43. The van der Waals surface area contributed by atoms with Gasteiger partial charge in [0.15, 0.2) is 0 Å². The first-order valence-corrected chi connectivity index (χ1v) is 10.3. The normalized spacial score (nSPS) is 12.2. The van der Waals surface area contributed by atoms with Crippen molar-refractivity contribution in [2.75, 3.05) is 5.32 Å². The molecule has 11 heteroatoms. The Labute approximate surface area is 135 Å². The molecule has 0 aliphatic carbocycles. The molecule has 0 bridgehead atoms. The number of nitriles is 1. The Hall–Kier alpha value is -1.49. The zero-order chi connectivity index (χ0) is 17.3. The van der Waals surface area contributed by atoms with Crippen LogP contribution in [-0.2, 0) is 9.13 Å². The first-order chi connectivity index (χ1) is 10.6. The lowest BCUT2D eigenvalue weighted by atomic mass is 10.1. The molecular formula is C12H12N2O6P2S. The summed E-state index contributed by atoms with van der Waals surface area (Å²) < 4.78 is 22.7. The SMILES string of the molecule is N#Cc1ccc(-c2cccs2)cc1NC(P(=O)(O)O)P(=O)(O)O. The van der Waals surface area contributed by atoms with E-state index in [9.17, 15) is 9.13 Å². The Morgan fingerprint density at radius 3 is 2.26 bits per heavy atom. The maximum absolute atomic E-state index is 11.4. The number of nitrogens with one attached hydrogen (secondary N) is 1. The van der Waals surface area contributed by atoms with Gasteiger partial charge in [-0.2, -0.15) is 5.26 Å². The van der Waals surface area contributed by atoms with Crippen LogP contribution in [0.5, 0.6) is 0 Å². The highest BCUT2D eigenvalue weighted by Crippen LogP contribution is 2.59. The van der Waals surface area contributed by atoms with E-state index >= 15 is 0 Å². The van der Waals surface area contributed by atoms with Crippen molar-refractivity contribution in [3.63, 3.8) is 0 Å². The van der Waals surface area contributed by atoms with Gasteiger partial charge in [0.05, 0.1) is 11.3 Å². The molecule has 122 valence electrons. The van der Waals surface area contributed by atoms with Crippen LogP contribution in [0.25, 0.3) is 10.4 Å². The van der Waals surface area contributed by atoms with Crippen molar-refractivity contribution < 1.29 is 28.7 Å². The largest absolute Gasteiger partial charge is 0.361 e. The molecule has 0 unspecified atom stereocenters. The number of nitrogens with zero attached hydrogens (tertiary/aromatic N) is 1. The Morgan fingerprint density at radius 1 is 1.13 bits per heavy atom. The molecule has 0 fully saturated rings. The smallest absolute Gasteiger partial charge is 0.360 e. The van der Waals surface area contributed by atoms with Crippen LogP contribution in [0.2, 0.25) is 0 Å². The summed E-state index contributed by atoms with van der Waals surface area (Å²) in [5.41, 5.74) is -1.82. The van der Waals surface area contributed by atoms with Gasteiger partial charge >= 0.3 is 15.2 Å². The molecule has 0 spiro atoms. The van der Waals surface area contributed by atoms with Gasteiger partial charge in [-0.3, -0.25) is 9.13 Å². The van der Waals surface area contributed by atoms with Crippen molar-refractivity contribution in [3.8, 4) is 16.5 Å². The molecule has 2 aromatic rings. The predicted molar refractivity (Wildman–Crippen MR) is 86.0 cm³/mol. The van der Waals surface area contributed by atoms with E-state index in [4.69, 9.17) is 24.8 Å². The lowest BCUT2D eigenvalue weighted by molar-refractivity contribution is 0.343. The predicted octanol–water partition coefficient (Wildman–Crippen LogP) is 2.34. The van der Waals surface area contributed by atoms with E-state index in [-0.39, 0.29) is 11.3 Å². The summed E-state index contributed by atoms with van der Waals surface area (Å²) in [4.78, 5) is 37.5. The van der Waals surface area contributed by atoms with Gasteiger partial charge in [-0.15, -0.1) is 11.3 Å². The van der Waals surface area contributed by atoms with Gasteiger partial charge in [-0.25, -0.2) is 0 Å². The Bertz CT molecular complexity index is 814. The van der Waals surface area contributed by atoms with E-state index in [1.54, 1.807) is 18.2 Å². The summed E-state index contributed by atoms with van der Waals surface area (Å²) in [7, 11) is -10.3. The molecule has 0 aliphatic heterocycles. The van der Waals surface area contributed by atoms with Crippen molar-refractivity contribution in [2.24, 2.45) is 0 Å². The summed E-state index contributed by atoms with van der Waals surface area (Å²) in [6.45, 7) is 0. The minimum Gasteiger partial charge on any atom is -0.361 e. The fourth-order valence-corrected chi connectivity index (χ4v) is 4.77. The molecule has 23 heavy (non-hydrogen) atoms. The average molecular weight is 374 g/mol. The number of hydrogen-bond acceptors (Lipinski definition) is 5. The molecule has 1 aromatic carbocycles. The topological polar surface area (TPSA) is 151 Å². The zero-order valence-electron chi connectivity index (χ0n) is 11.4. The maximum Gasteiger partial charge on any atom is 0.360 e. The average Bonchev–Trinajstić information content (AvgIpc) is 2.96. The van der Waals surface area contributed by atoms with Crippen LogP contribution in [0, 0.1) is 11.3 Å². The van der Waals surface area contributed by atoms with E-state index in [2.05, 4.69) is 5.32 Å². The summed E-state index contributed by atoms with van der Waals surface area (Å²) in [6.07, 6.45) is 0. The lowest BCUT2D eigenvalue weighted by Crippen LogP contribution is -2.20. The van der Waals surface area contributed by atoms with Crippen LogP contribution < -0.4 is 5.32 Å². The number of rotatable bonds is 5. The van der Waals surface area contributed by atoms with Crippen molar-refractivity contribution in [1.82, 2.24) is 0 Å².